The third-order valence-corrected chi connectivity index (χ3v) is 3.53. The van der Waals surface area contributed by atoms with Gasteiger partial charge in [0.05, 0.1) is 0 Å². The number of nitrogens with one attached hydrogen (secondary N) is 2. The van der Waals surface area contributed by atoms with E-state index in [4.69, 9.17) is 0 Å². The van der Waals surface area contributed by atoms with Crippen LogP contribution in [-0.2, 0) is 4.79 Å². The van der Waals surface area contributed by atoms with Gasteiger partial charge in [-0.2, -0.15) is 0 Å². The number of carbonyl (C=O) groups is 1. The minimum atomic E-state index is -0.0379. The summed E-state index contributed by atoms with van der Waals surface area (Å²) in [5.74, 6) is 1.01. The Balaban J connectivity index is 2.46. The van der Waals surface area contributed by atoms with Gasteiger partial charge >= 0.3 is 0 Å². The van der Waals surface area contributed by atoms with Crippen molar-refractivity contribution in [3.63, 3.8) is 0 Å². The van der Waals surface area contributed by atoms with E-state index in [0.717, 1.165) is 18.8 Å². The van der Waals surface area contributed by atoms with E-state index in [9.17, 15) is 4.79 Å². The zero-order chi connectivity index (χ0) is 9.90. The molecule has 0 saturated carbocycles. The highest BCUT2D eigenvalue weighted by Crippen LogP contribution is 2.32. The monoisotopic (exact) mass is 202 g/mol. The molecule has 0 bridgehead atoms. The fourth-order valence-electron chi connectivity index (χ4n) is 1.40. The second-order valence-corrected chi connectivity index (χ2v) is 5.45. The van der Waals surface area contributed by atoms with Crippen molar-refractivity contribution in [2.45, 2.75) is 38.0 Å². The maximum Gasteiger partial charge on any atom is 0.238 e. The Morgan fingerprint density at radius 2 is 2.38 bits per heavy atom. The van der Waals surface area contributed by atoms with Crippen LogP contribution in [0.5, 0.6) is 0 Å². The van der Waals surface area contributed by atoms with Crippen molar-refractivity contribution >= 4 is 17.7 Å². The molecule has 0 spiro atoms. The number of carbonyl (C=O) groups excluding carboxylic acids is 1. The summed E-state index contributed by atoms with van der Waals surface area (Å²) in [6.45, 7) is 7.04. The molecular weight excluding hydrogens is 184 g/mol. The van der Waals surface area contributed by atoms with Crippen LogP contribution in [-0.4, -0.2) is 29.1 Å². The topological polar surface area (TPSA) is 41.1 Å². The molecule has 1 rings (SSSR count). The molecule has 0 aliphatic carbocycles. The molecule has 13 heavy (non-hydrogen) atoms. The Morgan fingerprint density at radius 1 is 1.69 bits per heavy atom. The highest BCUT2D eigenvalue weighted by molar-refractivity contribution is 8.00. The van der Waals surface area contributed by atoms with Crippen molar-refractivity contribution < 1.29 is 4.79 Å². The number of hydrogen-bond donors (Lipinski definition) is 2. The molecule has 0 radical (unpaired) electrons. The van der Waals surface area contributed by atoms with E-state index in [1.807, 2.05) is 0 Å². The van der Waals surface area contributed by atoms with Crippen LogP contribution in [0.1, 0.15) is 27.2 Å². The van der Waals surface area contributed by atoms with Gasteiger partial charge in [0.2, 0.25) is 5.91 Å². The maximum atomic E-state index is 11.6. The first-order valence-electron chi connectivity index (χ1n) is 4.73. The van der Waals surface area contributed by atoms with Crippen LogP contribution < -0.4 is 10.6 Å². The van der Waals surface area contributed by atoms with Crippen molar-refractivity contribution in [2.75, 3.05) is 12.4 Å². The third-order valence-electron chi connectivity index (χ3n) is 2.24. The Labute approximate surface area is 84.0 Å². The lowest BCUT2D eigenvalue weighted by atomic mass is 10.0. The fraction of sp³-hybridized carbons (Fsp3) is 0.889. The lowest BCUT2D eigenvalue weighted by Gasteiger charge is -2.24. The summed E-state index contributed by atoms with van der Waals surface area (Å²) in [7, 11) is 0. The van der Waals surface area contributed by atoms with Gasteiger partial charge in [0.1, 0.15) is 6.04 Å². The molecule has 1 heterocycles. The van der Waals surface area contributed by atoms with Crippen molar-refractivity contribution in [3.8, 4) is 0 Å². The van der Waals surface area contributed by atoms with Gasteiger partial charge in [0.25, 0.3) is 0 Å². The molecule has 1 amide bonds. The molecule has 1 fully saturated rings. The molecule has 2 N–H and O–H groups in total. The van der Waals surface area contributed by atoms with Crippen LogP contribution in [0.15, 0.2) is 0 Å². The smallest absolute Gasteiger partial charge is 0.238 e. The molecule has 76 valence electrons. The quantitative estimate of drug-likeness (QED) is 0.716. The van der Waals surface area contributed by atoms with E-state index in [2.05, 4.69) is 31.4 Å². The van der Waals surface area contributed by atoms with Gasteiger partial charge in [-0.25, -0.2) is 0 Å². The van der Waals surface area contributed by atoms with E-state index in [-0.39, 0.29) is 16.7 Å². The predicted molar refractivity (Wildman–Crippen MR) is 56.8 cm³/mol. The molecule has 0 unspecified atom stereocenters. The van der Waals surface area contributed by atoms with Gasteiger partial charge in [-0.3, -0.25) is 10.1 Å². The lowest BCUT2D eigenvalue weighted by molar-refractivity contribution is -0.123. The Kier molecular flexibility index (Phi) is 3.62. The predicted octanol–water partition coefficient (Wildman–Crippen LogP) is 0.954. The summed E-state index contributed by atoms with van der Waals surface area (Å²) in [5, 5.41) is 6.12. The van der Waals surface area contributed by atoms with Gasteiger partial charge in [0, 0.05) is 17.2 Å². The molecule has 0 aromatic rings. The van der Waals surface area contributed by atoms with E-state index >= 15 is 0 Å². The summed E-state index contributed by atoms with van der Waals surface area (Å²) in [4.78, 5) is 11.6. The van der Waals surface area contributed by atoms with Crippen LogP contribution in [0.2, 0.25) is 0 Å². The second kappa shape index (κ2) is 4.33. The van der Waals surface area contributed by atoms with Gasteiger partial charge < -0.3 is 5.32 Å². The number of thioether (sulfide) groups is 1. The molecule has 0 aromatic heterocycles. The minimum Gasteiger partial charge on any atom is -0.355 e. The largest absolute Gasteiger partial charge is 0.355 e. The van der Waals surface area contributed by atoms with Crippen LogP contribution >= 0.6 is 11.8 Å². The molecule has 1 aliphatic heterocycles. The minimum absolute atomic E-state index is 0.0256. The van der Waals surface area contributed by atoms with E-state index in [1.165, 1.54) is 0 Å². The molecule has 0 aromatic carbocycles. The summed E-state index contributed by atoms with van der Waals surface area (Å²) >= 11 is 1.80. The zero-order valence-electron chi connectivity index (χ0n) is 8.52. The highest BCUT2D eigenvalue weighted by Gasteiger charge is 2.39. The van der Waals surface area contributed by atoms with Crippen molar-refractivity contribution in [3.05, 3.63) is 0 Å². The standard InChI is InChI=1S/C9H18N2OS/c1-4-5-10-8(12)7-9(2,3)13-6-11-7/h7,11H,4-6H2,1-3H3,(H,10,12)/t7-/m1/s1. The number of hydrogen-bond acceptors (Lipinski definition) is 3. The average Bonchev–Trinajstić information content (AvgIpc) is 2.41. The lowest BCUT2D eigenvalue weighted by Crippen LogP contribution is -2.49. The first-order chi connectivity index (χ1) is 6.08. The van der Waals surface area contributed by atoms with Gasteiger partial charge in [-0.05, 0) is 20.3 Å². The maximum absolute atomic E-state index is 11.6. The third kappa shape index (κ3) is 2.61. The van der Waals surface area contributed by atoms with Gasteiger partial charge in [0.15, 0.2) is 0 Å². The highest BCUT2D eigenvalue weighted by atomic mass is 32.2. The first-order valence-corrected chi connectivity index (χ1v) is 5.71. The van der Waals surface area contributed by atoms with Crippen LogP contribution in [0.25, 0.3) is 0 Å². The zero-order valence-corrected chi connectivity index (χ0v) is 9.33. The molecule has 1 atom stereocenters. The van der Waals surface area contributed by atoms with Gasteiger partial charge in [-0.1, -0.05) is 6.92 Å². The van der Waals surface area contributed by atoms with Crippen LogP contribution in [0, 0.1) is 0 Å². The summed E-state index contributed by atoms with van der Waals surface area (Å²) < 4.78 is 0.0256. The van der Waals surface area contributed by atoms with Crippen molar-refractivity contribution in [1.29, 1.82) is 0 Å². The molecule has 4 heteroatoms. The Bertz CT molecular complexity index is 194. The molecular formula is C9H18N2OS. The molecule has 1 aliphatic rings. The Hall–Kier alpha value is -0.220. The van der Waals surface area contributed by atoms with Crippen molar-refractivity contribution in [2.24, 2.45) is 0 Å². The molecule has 3 nitrogen and oxygen atoms in total. The van der Waals surface area contributed by atoms with Gasteiger partial charge in [-0.15, -0.1) is 11.8 Å². The summed E-state index contributed by atoms with van der Waals surface area (Å²) in [6, 6.07) is -0.0379. The summed E-state index contributed by atoms with van der Waals surface area (Å²) in [6.07, 6.45) is 0.992. The van der Waals surface area contributed by atoms with Crippen molar-refractivity contribution in [1.82, 2.24) is 10.6 Å². The number of amides is 1. The number of rotatable bonds is 3. The Morgan fingerprint density at radius 3 is 2.85 bits per heavy atom. The van der Waals surface area contributed by atoms with E-state index < -0.39 is 0 Å². The fourth-order valence-corrected chi connectivity index (χ4v) is 2.38. The summed E-state index contributed by atoms with van der Waals surface area (Å²) in [5.41, 5.74) is 0. The van der Waals surface area contributed by atoms with Crippen LogP contribution in [0.3, 0.4) is 0 Å². The second-order valence-electron chi connectivity index (χ2n) is 3.82. The average molecular weight is 202 g/mol. The normalized spacial score (nSPS) is 25.9. The van der Waals surface area contributed by atoms with Crippen LogP contribution in [0.4, 0.5) is 0 Å². The van der Waals surface area contributed by atoms with E-state index in [0.29, 0.717) is 0 Å². The molecule has 1 saturated heterocycles. The van der Waals surface area contributed by atoms with E-state index in [1.54, 1.807) is 11.8 Å². The SMILES string of the molecule is CCCNC(=O)[C@H]1NCSC1(C)C. The first kappa shape index (κ1) is 10.9.